The monoisotopic (exact) mass is 567 g/mol. The Morgan fingerprint density at radius 3 is 2.79 bits per heavy atom. The number of hydrogen-bond donors (Lipinski definition) is 3. The first-order valence-electron chi connectivity index (χ1n) is 11.1. The van der Waals surface area contributed by atoms with Gasteiger partial charge in [-0.2, -0.15) is 0 Å². The van der Waals surface area contributed by atoms with Gasteiger partial charge in [-0.05, 0) is 43.2 Å². The van der Waals surface area contributed by atoms with E-state index < -0.39 is 0 Å². The van der Waals surface area contributed by atoms with Crippen molar-refractivity contribution in [3.05, 3.63) is 54.0 Å². The van der Waals surface area contributed by atoms with E-state index in [1.165, 1.54) is 6.07 Å². The summed E-state index contributed by atoms with van der Waals surface area (Å²) in [5, 5.41) is 9.61. The summed E-state index contributed by atoms with van der Waals surface area (Å²) < 4.78 is 14.0. The van der Waals surface area contributed by atoms with Gasteiger partial charge in [-0.15, -0.1) is 24.0 Å². The largest absolute Gasteiger partial charge is 0.360 e. The molecule has 1 amide bonds. The third-order valence-corrected chi connectivity index (χ3v) is 5.67. The fourth-order valence-corrected chi connectivity index (χ4v) is 4.04. The number of benzene rings is 1. The highest BCUT2D eigenvalue weighted by Crippen LogP contribution is 2.21. The molecule has 2 aromatic rings. The molecule has 2 saturated heterocycles. The van der Waals surface area contributed by atoms with Crippen molar-refractivity contribution in [1.82, 2.24) is 20.9 Å². The Morgan fingerprint density at radius 2 is 2.06 bits per heavy atom. The first-order chi connectivity index (χ1) is 15.6. The van der Waals surface area contributed by atoms with Crippen molar-refractivity contribution in [1.29, 1.82) is 0 Å². The van der Waals surface area contributed by atoms with Crippen LogP contribution in [0.3, 0.4) is 0 Å². The maximum Gasteiger partial charge on any atom is 0.239 e. The van der Waals surface area contributed by atoms with Crippen molar-refractivity contribution in [2.45, 2.75) is 25.9 Å². The Kier molecular flexibility index (Phi) is 9.10. The Bertz CT molecular complexity index is 956. The van der Waals surface area contributed by atoms with Gasteiger partial charge in [-0.3, -0.25) is 4.79 Å². The SMILES string of the molecule is CCNC(=NCc1ccc(N2CCNC(=O)C2)cc1)NC1CCN(c2ncccc2F)C1.I. The second-order valence-electron chi connectivity index (χ2n) is 8.02. The maximum atomic E-state index is 14.0. The highest BCUT2D eigenvalue weighted by atomic mass is 127. The highest BCUT2D eigenvalue weighted by Gasteiger charge is 2.26. The number of aliphatic imine (C=N–C) groups is 1. The van der Waals surface area contributed by atoms with Gasteiger partial charge in [-0.1, -0.05) is 12.1 Å². The molecule has 3 N–H and O–H groups in total. The van der Waals surface area contributed by atoms with Crippen LogP contribution in [0.1, 0.15) is 18.9 Å². The number of nitrogens with one attached hydrogen (secondary N) is 3. The average molecular weight is 567 g/mol. The molecule has 4 rings (SSSR count). The summed E-state index contributed by atoms with van der Waals surface area (Å²) in [5.41, 5.74) is 2.14. The van der Waals surface area contributed by atoms with Crippen LogP contribution < -0.4 is 25.8 Å². The molecular formula is C23H31FIN7O. The number of carbonyl (C=O) groups excluding carboxylic acids is 1. The zero-order valence-corrected chi connectivity index (χ0v) is 21.1. The third kappa shape index (κ3) is 6.68. The number of anilines is 2. The van der Waals surface area contributed by atoms with E-state index in [0.29, 0.717) is 32.0 Å². The van der Waals surface area contributed by atoms with Gasteiger partial charge in [0.25, 0.3) is 0 Å². The number of nitrogens with zero attached hydrogens (tertiary/aromatic N) is 4. The topological polar surface area (TPSA) is 84.9 Å². The maximum absolute atomic E-state index is 14.0. The molecule has 0 spiro atoms. The molecular weight excluding hydrogens is 536 g/mol. The Morgan fingerprint density at radius 1 is 1.24 bits per heavy atom. The summed E-state index contributed by atoms with van der Waals surface area (Å²) in [4.78, 5) is 24.6. The van der Waals surface area contributed by atoms with E-state index in [1.807, 2.05) is 24.0 Å². The van der Waals surface area contributed by atoms with Gasteiger partial charge >= 0.3 is 0 Å². The quantitative estimate of drug-likeness (QED) is 0.282. The number of rotatable bonds is 6. The van der Waals surface area contributed by atoms with Crippen molar-refractivity contribution < 1.29 is 9.18 Å². The van der Waals surface area contributed by atoms with E-state index in [-0.39, 0.29) is 41.7 Å². The molecule has 2 aliphatic rings. The summed E-state index contributed by atoms with van der Waals surface area (Å²) in [7, 11) is 0. The van der Waals surface area contributed by atoms with E-state index in [1.54, 1.807) is 12.3 Å². The number of halogens is 2. The minimum atomic E-state index is -0.289. The molecule has 0 aliphatic carbocycles. The molecule has 2 aliphatic heterocycles. The van der Waals surface area contributed by atoms with E-state index in [9.17, 15) is 9.18 Å². The summed E-state index contributed by atoms with van der Waals surface area (Å²) >= 11 is 0. The summed E-state index contributed by atoms with van der Waals surface area (Å²) in [6.07, 6.45) is 2.51. The van der Waals surface area contributed by atoms with Crippen LogP contribution in [0.2, 0.25) is 0 Å². The molecule has 1 aromatic carbocycles. The number of amides is 1. The third-order valence-electron chi connectivity index (χ3n) is 5.67. The lowest BCUT2D eigenvalue weighted by Gasteiger charge is -2.28. The lowest BCUT2D eigenvalue weighted by molar-refractivity contribution is -0.120. The minimum absolute atomic E-state index is 0. The van der Waals surface area contributed by atoms with Gasteiger partial charge in [0.05, 0.1) is 13.1 Å². The first-order valence-corrected chi connectivity index (χ1v) is 11.1. The van der Waals surface area contributed by atoms with Crippen molar-refractivity contribution in [2.75, 3.05) is 49.1 Å². The molecule has 8 nitrogen and oxygen atoms in total. The fourth-order valence-electron chi connectivity index (χ4n) is 4.04. The van der Waals surface area contributed by atoms with Crippen LogP contribution >= 0.6 is 24.0 Å². The van der Waals surface area contributed by atoms with Gasteiger partial charge in [0.15, 0.2) is 17.6 Å². The highest BCUT2D eigenvalue weighted by molar-refractivity contribution is 14.0. The standard InChI is InChI=1S/C23H30FN7O.HI/c1-2-25-23(29-18-9-12-31(15-18)22-20(24)4-3-10-27-22)28-14-17-5-7-19(8-6-17)30-13-11-26-21(32)16-30;/h3-8,10,18H,2,9,11-16H2,1H3,(H,26,32)(H2,25,28,29);1H. The lowest BCUT2D eigenvalue weighted by Crippen LogP contribution is -2.47. The second kappa shape index (κ2) is 12.0. The number of guanidine groups is 1. The normalized spacial score (nSPS) is 18.5. The molecule has 10 heteroatoms. The number of hydrogen-bond acceptors (Lipinski definition) is 5. The molecule has 0 bridgehead atoms. The van der Waals surface area contributed by atoms with Crippen LogP contribution in [0.4, 0.5) is 15.9 Å². The van der Waals surface area contributed by atoms with Gasteiger partial charge < -0.3 is 25.8 Å². The lowest BCUT2D eigenvalue weighted by atomic mass is 10.2. The predicted octanol–water partition coefficient (Wildman–Crippen LogP) is 2.11. The molecule has 1 atom stereocenters. The zero-order valence-electron chi connectivity index (χ0n) is 18.8. The van der Waals surface area contributed by atoms with Crippen LogP contribution in [-0.2, 0) is 11.3 Å². The van der Waals surface area contributed by atoms with Gasteiger partial charge in [0.1, 0.15) is 0 Å². The number of aromatic nitrogens is 1. The van der Waals surface area contributed by atoms with E-state index in [2.05, 4.69) is 38.0 Å². The summed E-state index contributed by atoms with van der Waals surface area (Å²) in [6, 6.07) is 11.4. The van der Waals surface area contributed by atoms with Crippen LogP contribution in [0, 0.1) is 5.82 Å². The molecule has 0 saturated carbocycles. The first kappa shape index (κ1) is 25.0. The molecule has 33 heavy (non-hydrogen) atoms. The van der Waals surface area contributed by atoms with E-state index >= 15 is 0 Å². The minimum Gasteiger partial charge on any atom is -0.360 e. The van der Waals surface area contributed by atoms with Crippen LogP contribution in [0.5, 0.6) is 0 Å². The van der Waals surface area contributed by atoms with Gasteiger partial charge in [-0.25, -0.2) is 14.4 Å². The van der Waals surface area contributed by atoms with Gasteiger partial charge in [0, 0.05) is 50.6 Å². The summed E-state index contributed by atoms with van der Waals surface area (Å²) in [6.45, 7) is 6.65. The Hall–Kier alpha value is -2.63. The molecule has 2 fully saturated rings. The van der Waals surface area contributed by atoms with Crippen molar-refractivity contribution >= 4 is 47.3 Å². The smallest absolute Gasteiger partial charge is 0.239 e. The zero-order chi connectivity index (χ0) is 22.3. The number of pyridine rings is 1. The second-order valence-corrected chi connectivity index (χ2v) is 8.02. The van der Waals surface area contributed by atoms with E-state index in [4.69, 9.17) is 4.99 Å². The fraction of sp³-hybridized carbons (Fsp3) is 0.435. The molecule has 3 heterocycles. The van der Waals surface area contributed by atoms with Gasteiger partial charge in [0.2, 0.25) is 5.91 Å². The molecule has 1 aromatic heterocycles. The molecule has 178 valence electrons. The Labute approximate surface area is 211 Å². The average Bonchev–Trinajstić information content (AvgIpc) is 3.26. The predicted molar refractivity (Wildman–Crippen MR) is 140 cm³/mol. The summed E-state index contributed by atoms with van der Waals surface area (Å²) in [5.74, 6) is 0.924. The molecule has 0 radical (unpaired) electrons. The van der Waals surface area contributed by atoms with Crippen LogP contribution in [0.15, 0.2) is 47.6 Å². The Balaban J connectivity index is 0.00000306. The van der Waals surface area contributed by atoms with Crippen molar-refractivity contribution in [2.24, 2.45) is 4.99 Å². The van der Waals surface area contributed by atoms with Crippen molar-refractivity contribution in [3.63, 3.8) is 0 Å². The van der Waals surface area contributed by atoms with Crippen LogP contribution in [0.25, 0.3) is 0 Å². The molecule has 1 unspecified atom stereocenters. The van der Waals surface area contributed by atoms with Crippen LogP contribution in [-0.4, -0.2) is 62.2 Å². The number of piperazine rings is 1. The van der Waals surface area contributed by atoms with Crippen molar-refractivity contribution in [3.8, 4) is 0 Å². The number of carbonyl (C=O) groups is 1. The van der Waals surface area contributed by atoms with E-state index in [0.717, 1.165) is 43.3 Å².